The fourth-order valence-corrected chi connectivity index (χ4v) is 4.20. The Morgan fingerprint density at radius 1 is 0.929 bits per heavy atom. The van der Waals surface area contributed by atoms with Crippen LogP contribution >= 0.6 is 11.8 Å². The van der Waals surface area contributed by atoms with E-state index in [1.54, 1.807) is 32.2 Å². The minimum absolute atomic E-state index is 0.675. The summed E-state index contributed by atoms with van der Waals surface area (Å²) in [5, 5.41) is 0.872. The third kappa shape index (κ3) is 3.31. The monoisotopic (exact) mass is 391 g/mol. The van der Waals surface area contributed by atoms with E-state index in [0.717, 1.165) is 22.1 Å². The van der Waals surface area contributed by atoms with Gasteiger partial charge in [0.1, 0.15) is 5.65 Å². The molecular formula is C22H21N3O2S. The van der Waals surface area contributed by atoms with Gasteiger partial charge in [-0.1, -0.05) is 30.0 Å². The average Bonchev–Trinajstić information content (AvgIpc) is 3.19. The lowest BCUT2D eigenvalue weighted by Gasteiger charge is -2.13. The minimum Gasteiger partial charge on any atom is -0.493 e. The first kappa shape index (κ1) is 18.4. The van der Waals surface area contributed by atoms with Crippen LogP contribution in [0, 0.1) is 13.8 Å². The number of imidazole rings is 1. The zero-order valence-corrected chi connectivity index (χ0v) is 17.1. The predicted molar refractivity (Wildman–Crippen MR) is 112 cm³/mol. The van der Waals surface area contributed by atoms with Gasteiger partial charge in [0.15, 0.2) is 16.7 Å². The zero-order chi connectivity index (χ0) is 19.7. The number of hydrogen-bond donors (Lipinski definition) is 0. The number of ether oxygens (including phenoxy) is 2. The Morgan fingerprint density at radius 3 is 2.39 bits per heavy atom. The third-order valence-corrected chi connectivity index (χ3v) is 5.96. The van der Waals surface area contributed by atoms with Gasteiger partial charge in [0, 0.05) is 28.9 Å². The standard InChI is InChI=1S/C22H21N3O2S/c1-14-6-5-7-15(2)21(14)28-22-24-17(13-20-23-10-11-25(20)22)16-8-9-18(26-3)19(12-16)27-4/h5-13H,1-4H3. The van der Waals surface area contributed by atoms with Crippen LogP contribution in [0.3, 0.4) is 0 Å². The Labute approximate surface area is 168 Å². The van der Waals surface area contributed by atoms with E-state index >= 15 is 0 Å². The van der Waals surface area contributed by atoms with E-state index in [1.165, 1.54) is 16.0 Å². The molecule has 2 heterocycles. The number of rotatable bonds is 5. The van der Waals surface area contributed by atoms with Gasteiger partial charge in [0.25, 0.3) is 0 Å². The molecule has 2 aromatic heterocycles. The molecule has 0 saturated carbocycles. The maximum Gasteiger partial charge on any atom is 0.179 e. The fraction of sp³-hybridized carbons (Fsp3) is 0.182. The Bertz CT molecular complexity index is 1130. The van der Waals surface area contributed by atoms with Gasteiger partial charge in [-0.15, -0.1) is 0 Å². The van der Waals surface area contributed by atoms with Gasteiger partial charge < -0.3 is 9.47 Å². The summed E-state index contributed by atoms with van der Waals surface area (Å²) in [5.41, 5.74) is 5.11. The van der Waals surface area contributed by atoms with Crippen LogP contribution in [-0.2, 0) is 0 Å². The van der Waals surface area contributed by atoms with Gasteiger partial charge in [0.2, 0.25) is 0 Å². The summed E-state index contributed by atoms with van der Waals surface area (Å²) in [6.07, 6.45) is 3.74. The van der Waals surface area contributed by atoms with Crippen LogP contribution in [0.4, 0.5) is 0 Å². The molecule has 0 aliphatic carbocycles. The summed E-state index contributed by atoms with van der Waals surface area (Å²) < 4.78 is 12.8. The summed E-state index contributed by atoms with van der Waals surface area (Å²) in [6, 6.07) is 14.1. The Morgan fingerprint density at radius 2 is 1.68 bits per heavy atom. The van der Waals surface area contributed by atoms with Crippen molar-refractivity contribution in [2.75, 3.05) is 14.2 Å². The molecule has 142 valence electrons. The van der Waals surface area contributed by atoms with Crippen LogP contribution in [0.25, 0.3) is 16.9 Å². The van der Waals surface area contributed by atoms with Crippen molar-refractivity contribution in [3.8, 4) is 22.8 Å². The van der Waals surface area contributed by atoms with E-state index in [-0.39, 0.29) is 0 Å². The molecule has 0 amide bonds. The Balaban J connectivity index is 1.84. The van der Waals surface area contributed by atoms with Gasteiger partial charge in [0.05, 0.1) is 19.9 Å². The topological polar surface area (TPSA) is 48.7 Å². The molecule has 0 aliphatic rings. The highest BCUT2D eigenvalue weighted by Crippen LogP contribution is 2.35. The number of hydrogen-bond acceptors (Lipinski definition) is 5. The highest BCUT2D eigenvalue weighted by Gasteiger charge is 2.14. The minimum atomic E-state index is 0.675. The molecule has 6 heteroatoms. The summed E-state index contributed by atoms with van der Waals surface area (Å²) >= 11 is 1.66. The molecule has 0 atom stereocenters. The molecular weight excluding hydrogens is 370 g/mol. The van der Waals surface area contributed by atoms with Crippen molar-refractivity contribution in [3.63, 3.8) is 0 Å². The third-order valence-electron chi connectivity index (χ3n) is 4.64. The maximum atomic E-state index is 5.45. The zero-order valence-electron chi connectivity index (χ0n) is 16.3. The van der Waals surface area contributed by atoms with Gasteiger partial charge >= 0.3 is 0 Å². The van der Waals surface area contributed by atoms with Crippen LogP contribution < -0.4 is 9.47 Å². The lowest BCUT2D eigenvalue weighted by Crippen LogP contribution is -1.98. The Kier molecular flexibility index (Phi) is 4.96. The van der Waals surface area contributed by atoms with Gasteiger partial charge in [-0.3, -0.25) is 4.40 Å². The molecule has 0 N–H and O–H groups in total. The Hall–Kier alpha value is -2.99. The molecule has 2 aromatic carbocycles. The molecule has 0 saturated heterocycles. The molecule has 0 unspecified atom stereocenters. The summed E-state index contributed by atoms with van der Waals surface area (Å²) in [6.45, 7) is 4.25. The molecule has 0 radical (unpaired) electrons. The number of aromatic nitrogens is 3. The normalized spacial score (nSPS) is 11.0. The van der Waals surface area contributed by atoms with Crippen LogP contribution in [0.2, 0.25) is 0 Å². The van der Waals surface area contributed by atoms with Crippen molar-refractivity contribution >= 4 is 17.4 Å². The number of nitrogens with zero attached hydrogens (tertiary/aromatic N) is 3. The van der Waals surface area contributed by atoms with Crippen LogP contribution in [0.15, 0.2) is 64.9 Å². The lowest BCUT2D eigenvalue weighted by molar-refractivity contribution is 0.355. The van der Waals surface area contributed by atoms with Crippen molar-refractivity contribution in [1.29, 1.82) is 0 Å². The van der Waals surface area contributed by atoms with Crippen LogP contribution in [-0.4, -0.2) is 28.6 Å². The second-order valence-electron chi connectivity index (χ2n) is 6.47. The maximum absolute atomic E-state index is 5.45. The van der Waals surface area contributed by atoms with E-state index in [4.69, 9.17) is 14.5 Å². The fourth-order valence-electron chi connectivity index (χ4n) is 3.16. The molecule has 0 fully saturated rings. The van der Waals surface area contributed by atoms with E-state index in [1.807, 2.05) is 34.9 Å². The first-order valence-corrected chi connectivity index (χ1v) is 9.73. The van der Waals surface area contributed by atoms with Gasteiger partial charge in [-0.05, 0) is 43.2 Å². The largest absolute Gasteiger partial charge is 0.493 e. The molecule has 5 nitrogen and oxygen atoms in total. The number of fused-ring (bicyclic) bond motifs is 1. The molecule has 4 rings (SSSR count). The smallest absolute Gasteiger partial charge is 0.179 e. The van der Waals surface area contributed by atoms with Crippen molar-refractivity contribution in [1.82, 2.24) is 14.4 Å². The summed E-state index contributed by atoms with van der Waals surface area (Å²) in [4.78, 5) is 10.6. The first-order valence-electron chi connectivity index (χ1n) is 8.91. The highest BCUT2D eigenvalue weighted by atomic mass is 32.2. The molecule has 0 aliphatic heterocycles. The predicted octanol–water partition coefficient (Wildman–Crippen LogP) is 5.18. The van der Waals surface area contributed by atoms with Gasteiger partial charge in [-0.25, -0.2) is 9.97 Å². The van der Waals surface area contributed by atoms with Crippen molar-refractivity contribution in [3.05, 3.63) is 66.0 Å². The van der Waals surface area contributed by atoms with Gasteiger partial charge in [-0.2, -0.15) is 0 Å². The molecule has 0 bridgehead atoms. The molecule has 0 spiro atoms. The van der Waals surface area contributed by atoms with Crippen molar-refractivity contribution < 1.29 is 9.47 Å². The van der Waals surface area contributed by atoms with E-state index in [2.05, 4.69) is 37.0 Å². The second kappa shape index (κ2) is 7.56. The van der Waals surface area contributed by atoms with E-state index in [0.29, 0.717) is 11.5 Å². The molecule has 28 heavy (non-hydrogen) atoms. The summed E-state index contributed by atoms with van der Waals surface area (Å²) in [5.74, 6) is 1.37. The van der Waals surface area contributed by atoms with Crippen molar-refractivity contribution in [2.45, 2.75) is 23.9 Å². The number of benzene rings is 2. The van der Waals surface area contributed by atoms with E-state index in [9.17, 15) is 0 Å². The molecule has 4 aromatic rings. The lowest BCUT2D eigenvalue weighted by atomic mass is 10.1. The number of aryl methyl sites for hydroxylation is 2. The van der Waals surface area contributed by atoms with Crippen LogP contribution in [0.1, 0.15) is 11.1 Å². The van der Waals surface area contributed by atoms with Crippen molar-refractivity contribution in [2.24, 2.45) is 0 Å². The summed E-state index contributed by atoms with van der Waals surface area (Å²) in [7, 11) is 3.26. The number of methoxy groups -OCH3 is 2. The highest BCUT2D eigenvalue weighted by molar-refractivity contribution is 7.99. The van der Waals surface area contributed by atoms with E-state index < -0.39 is 0 Å². The quantitative estimate of drug-likeness (QED) is 0.439. The average molecular weight is 391 g/mol. The first-order chi connectivity index (χ1) is 13.6. The second-order valence-corrected chi connectivity index (χ2v) is 7.45. The SMILES string of the molecule is COc1ccc(-c2cc3nccn3c(Sc3c(C)cccc3C)n2)cc1OC. The van der Waals surface area contributed by atoms with Crippen LogP contribution in [0.5, 0.6) is 11.5 Å².